The topological polar surface area (TPSA) is 66.8 Å². The number of hydrogen-bond acceptors (Lipinski definition) is 4. The first-order valence-electron chi connectivity index (χ1n) is 8.15. The van der Waals surface area contributed by atoms with Crippen LogP contribution in [0.25, 0.3) is 0 Å². The molecule has 0 saturated heterocycles. The molecule has 3 saturated carbocycles. The monoisotopic (exact) mass is 296 g/mol. The predicted molar refractivity (Wildman–Crippen MR) is 78.4 cm³/mol. The van der Waals surface area contributed by atoms with E-state index in [1.807, 2.05) is 0 Å². The van der Waals surface area contributed by atoms with Gasteiger partial charge in [0.05, 0.1) is 18.3 Å². The van der Waals surface area contributed by atoms with Crippen molar-refractivity contribution in [3.63, 3.8) is 0 Å². The van der Waals surface area contributed by atoms with Gasteiger partial charge in [0.25, 0.3) is 0 Å². The molecular formula is C17H28O4. The molecule has 3 aliphatic rings. The Morgan fingerprint density at radius 3 is 2.52 bits per heavy atom. The number of hydrogen-bond donors (Lipinski definition) is 2. The molecule has 2 N–H and O–H groups in total. The molecule has 0 aromatic heterocycles. The van der Waals surface area contributed by atoms with E-state index in [-0.39, 0.29) is 22.7 Å². The van der Waals surface area contributed by atoms with Crippen LogP contribution >= 0.6 is 0 Å². The average Bonchev–Trinajstić information content (AvgIpc) is 2.85. The zero-order valence-electron chi connectivity index (χ0n) is 13.6. The van der Waals surface area contributed by atoms with Crippen LogP contribution in [-0.2, 0) is 9.53 Å². The van der Waals surface area contributed by atoms with E-state index in [9.17, 15) is 15.0 Å². The van der Waals surface area contributed by atoms with Gasteiger partial charge in [0.2, 0.25) is 0 Å². The molecule has 0 radical (unpaired) electrons. The highest BCUT2D eigenvalue weighted by Crippen LogP contribution is 2.70. The van der Waals surface area contributed by atoms with Gasteiger partial charge in [0.15, 0.2) is 0 Å². The first-order chi connectivity index (χ1) is 9.61. The summed E-state index contributed by atoms with van der Waals surface area (Å²) in [7, 11) is 0. The molecule has 0 heterocycles. The lowest BCUT2D eigenvalue weighted by molar-refractivity contribution is -0.144. The SMILES string of the molecule is CC(=O)OC[C@@]1(C)C[C@@H]2C[C@@]3(O)C[C@H](O)[C@@H](C)[C@@]3(C)[C@@H]2C1. The number of carbonyl (C=O) groups excluding carboxylic acids is 1. The molecule has 120 valence electrons. The maximum absolute atomic E-state index is 11.1. The second-order valence-corrected chi connectivity index (χ2v) is 8.44. The average molecular weight is 296 g/mol. The van der Waals surface area contributed by atoms with Crippen LogP contribution < -0.4 is 0 Å². The fourth-order valence-electron chi connectivity index (χ4n) is 5.85. The molecule has 4 nitrogen and oxygen atoms in total. The minimum Gasteiger partial charge on any atom is -0.465 e. The first-order valence-corrected chi connectivity index (χ1v) is 8.15. The van der Waals surface area contributed by atoms with Gasteiger partial charge in [0.1, 0.15) is 0 Å². The quantitative estimate of drug-likeness (QED) is 0.766. The normalized spacial score (nSPS) is 55.3. The van der Waals surface area contributed by atoms with E-state index < -0.39 is 11.7 Å². The largest absolute Gasteiger partial charge is 0.465 e. The van der Waals surface area contributed by atoms with Crippen molar-refractivity contribution < 1.29 is 19.7 Å². The highest BCUT2D eigenvalue weighted by Gasteiger charge is 2.70. The molecule has 0 aliphatic heterocycles. The van der Waals surface area contributed by atoms with Gasteiger partial charge >= 0.3 is 5.97 Å². The summed E-state index contributed by atoms with van der Waals surface area (Å²) in [6, 6.07) is 0. The van der Waals surface area contributed by atoms with Crippen LogP contribution in [0.15, 0.2) is 0 Å². The van der Waals surface area contributed by atoms with Gasteiger partial charge in [-0.1, -0.05) is 20.8 Å². The minimum atomic E-state index is -0.718. The highest BCUT2D eigenvalue weighted by atomic mass is 16.5. The lowest BCUT2D eigenvalue weighted by atomic mass is 9.66. The summed E-state index contributed by atoms with van der Waals surface area (Å²) >= 11 is 0. The zero-order chi connectivity index (χ0) is 15.6. The lowest BCUT2D eigenvalue weighted by Gasteiger charge is -2.41. The fraction of sp³-hybridized carbons (Fsp3) is 0.941. The molecule has 0 amide bonds. The Bertz CT molecular complexity index is 464. The van der Waals surface area contributed by atoms with E-state index in [4.69, 9.17) is 4.74 Å². The van der Waals surface area contributed by atoms with E-state index in [2.05, 4.69) is 20.8 Å². The highest BCUT2D eigenvalue weighted by molar-refractivity contribution is 5.65. The van der Waals surface area contributed by atoms with Crippen LogP contribution in [0.1, 0.15) is 53.4 Å². The van der Waals surface area contributed by atoms with Crippen molar-refractivity contribution in [3.8, 4) is 0 Å². The summed E-state index contributed by atoms with van der Waals surface area (Å²) in [4.78, 5) is 11.1. The van der Waals surface area contributed by atoms with Gasteiger partial charge in [0, 0.05) is 24.2 Å². The first kappa shape index (κ1) is 15.3. The molecule has 3 aliphatic carbocycles. The third-order valence-electron chi connectivity index (χ3n) is 7.10. The van der Waals surface area contributed by atoms with E-state index in [0.717, 1.165) is 19.3 Å². The molecule has 0 unspecified atom stereocenters. The third-order valence-corrected chi connectivity index (χ3v) is 7.10. The summed E-state index contributed by atoms with van der Waals surface area (Å²) in [6.45, 7) is 8.35. The molecule has 0 spiro atoms. The molecule has 0 aromatic rings. The van der Waals surface area contributed by atoms with E-state index in [1.54, 1.807) is 0 Å². The number of aliphatic hydroxyl groups is 2. The minimum absolute atomic E-state index is 0.0125. The van der Waals surface area contributed by atoms with Crippen LogP contribution in [-0.4, -0.2) is 34.5 Å². The van der Waals surface area contributed by atoms with Crippen molar-refractivity contribution in [3.05, 3.63) is 0 Å². The van der Waals surface area contributed by atoms with Gasteiger partial charge in [-0.05, 0) is 37.0 Å². The second-order valence-electron chi connectivity index (χ2n) is 8.44. The molecule has 3 fully saturated rings. The molecule has 4 heteroatoms. The van der Waals surface area contributed by atoms with Crippen LogP contribution in [0, 0.1) is 28.6 Å². The summed E-state index contributed by atoms with van der Waals surface area (Å²) in [6.07, 6.45) is 2.87. The molecule has 21 heavy (non-hydrogen) atoms. The number of aliphatic hydroxyl groups excluding tert-OH is 1. The van der Waals surface area contributed by atoms with E-state index in [1.165, 1.54) is 6.92 Å². The number of ether oxygens (including phenoxy) is 1. The Kier molecular flexibility index (Phi) is 3.24. The van der Waals surface area contributed by atoms with Crippen molar-refractivity contribution in [1.82, 2.24) is 0 Å². The fourth-order valence-corrected chi connectivity index (χ4v) is 5.85. The van der Waals surface area contributed by atoms with Crippen LogP contribution in [0.2, 0.25) is 0 Å². The molecule has 0 aromatic carbocycles. The molecule has 7 atom stereocenters. The number of rotatable bonds is 2. The lowest BCUT2D eigenvalue weighted by Crippen LogP contribution is -2.44. The maximum Gasteiger partial charge on any atom is 0.302 e. The summed E-state index contributed by atoms with van der Waals surface area (Å²) in [5.74, 6) is 0.792. The van der Waals surface area contributed by atoms with Crippen LogP contribution in [0.5, 0.6) is 0 Å². The van der Waals surface area contributed by atoms with Crippen molar-refractivity contribution in [1.29, 1.82) is 0 Å². The smallest absolute Gasteiger partial charge is 0.302 e. The van der Waals surface area contributed by atoms with Crippen molar-refractivity contribution in [2.24, 2.45) is 28.6 Å². The van der Waals surface area contributed by atoms with Crippen molar-refractivity contribution in [2.45, 2.75) is 65.1 Å². The Morgan fingerprint density at radius 2 is 1.90 bits per heavy atom. The summed E-state index contributed by atoms with van der Waals surface area (Å²) < 4.78 is 5.26. The van der Waals surface area contributed by atoms with E-state index >= 15 is 0 Å². The van der Waals surface area contributed by atoms with Crippen LogP contribution in [0.3, 0.4) is 0 Å². The Balaban J connectivity index is 1.82. The number of carbonyl (C=O) groups is 1. The van der Waals surface area contributed by atoms with Gasteiger partial charge in [-0.2, -0.15) is 0 Å². The summed E-state index contributed by atoms with van der Waals surface area (Å²) in [5.41, 5.74) is -0.923. The molecular weight excluding hydrogens is 268 g/mol. The Hall–Kier alpha value is -0.610. The zero-order valence-corrected chi connectivity index (χ0v) is 13.6. The van der Waals surface area contributed by atoms with Gasteiger partial charge in [-0.15, -0.1) is 0 Å². The van der Waals surface area contributed by atoms with Crippen molar-refractivity contribution >= 4 is 5.97 Å². The van der Waals surface area contributed by atoms with Gasteiger partial charge in [-0.25, -0.2) is 0 Å². The maximum atomic E-state index is 11.1. The molecule has 3 rings (SSSR count). The van der Waals surface area contributed by atoms with E-state index in [0.29, 0.717) is 24.9 Å². The number of fused-ring (bicyclic) bond motifs is 3. The van der Waals surface area contributed by atoms with Crippen molar-refractivity contribution in [2.75, 3.05) is 6.61 Å². The molecule has 0 bridgehead atoms. The van der Waals surface area contributed by atoms with Gasteiger partial charge < -0.3 is 14.9 Å². The number of esters is 1. The summed E-state index contributed by atoms with van der Waals surface area (Å²) in [5, 5.41) is 21.3. The standard InChI is InChI=1S/C17H28O4/c1-10-14(19)8-17(20)6-12-5-15(3,9-21-11(2)18)7-13(12)16(10,17)4/h10,12-14,19-20H,5-9H2,1-4H3/t10-,12-,13-,14+,15+,16+,17-/m1/s1. The second kappa shape index (κ2) is 4.45. The Labute approximate surface area is 126 Å². The van der Waals surface area contributed by atoms with Gasteiger partial charge in [-0.3, -0.25) is 4.79 Å². The third kappa shape index (κ3) is 1.98. The van der Waals surface area contributed by atoms with Crippen LogP contribution in [0.4, 0.5) is 0 Å². The predicted octanol–water partition coefficient (Wildman–Crippen LogP) is 2.12. The Morgan fingerprint density at radius 1 is 1.24 bits per heavy atom.